The predicted molar refractivity (Wildman–Crippen MR) is 49.4 cm³/mol. The van der Waals surface area contributed by atoms with Crippen molar-refractivity contribution < 1.29 is 0 Å². The van der Waals surface area contributed by atoms with Crippen molar-refractivity contribution in [3.63, 3.8) is 0 Å². The SMILES string of the molecule is CN1CC=CC=C1c1cc[c][nH]1. The largest absolute Gasteiger partial charge is 0.369 e. The van der Waals surface area contributed by atoms with Crippen LogP contribution in [0, 0.1) is 6.20 Å². The fourth-order valence-electron chi connectivity index (χ4n) is 1.33. The fraction of sp³-hybridized carbons (Fsp3) is 0.200. The Bertz CT molecular complexity index is 307. The molecular weight excluding hydrogens is 148 g/mol. The topological polar surface area (TPSA) is 19.0 Å². The van der Waals surface area contributed by atoms with Crippen LogP contribution in [0.5, 0.6) is 0 Å². The van der Waals surface area contributed by atoms with Gasteiger partial charge in [0.25, 0.3) is 0 Å². The summed E-state index contributed by atoms with van der Waals surface area (Å²) in [5.74, 6) is 0. The number of likely N-dealkylation sites (N-methyl/N-ethyl adjacent to an activating group) is 1. The van der Waals surface area contributed by atoms with Crippen molar-refractivity contribution in [1.82, 2.24) is 9.88 Å². The zero-order chi connectivity index (χ0) is 8.39. The van der Waals surface area contributed by atoms with Crippen molar-refractivity contribution in [1.29, 1.82) is 0 Å². The molecule has 1 radical (unpaired) electrons. The highest BCUT2D eigenvalue weighted by molar-refractivity contribution is 5.63. The monoisotopic (exact) mass is 159 g/mol. The van der Waals surface area contributed by atoms with Crippen LogP contribution in [0.3, 0.4) is 0 Å². The van der Waals surface area contributed by atoms with Gasteiger partial charge < -0.3 is 9.88 Å². The predicted octanol–water partition coefficient (Wildman–Crippen LogP) is 1.66. The Hall–Kier alpha value is -1.44. The zero-order valence-corrected chi connectivity index (χ0v) is 7.04. The van der Waals surface area contributed by atoms with E-state index in [0.29, 0.717) is 0 Å². The van der Waals surface area contributed by atoms with Crippen LogP contribution in [0.2, 0.25) is 0 Å². The summed E-state index contributed by atoms with van der Waals surface area (Å²) < 4.78 is 0. The maximum absolute atomic E-state index is 3.07. The first-order chi connectivity index (χ1) is 5.88. The number of nitrogens with one attached hydrogen (secondary N) is 1. The molecule has 2 heteroatoms. The number of hydrogen-bond donors (Lipinski definition) is 1. The number of allylic oxidation sites excluding steroid dienone is 2. The van der Waals surface area contributed by atoms with Crippen molar-refractivity contribution in [2.24, 2.45) is 0 Å². The van der Waals surface area contributed by atoms with Gasteiger partial charge in [-0.15, -0.1) is 0 Å². The number of H-pyrrole nitrogens is 1. The van der Waals surface area contributed by atoms with E-state index in [2.05, 4.69) is 41.4 Å². The molecule has 61 valence electrons. The molecule has 0 amide bonds. The van der Waals surface area contributed by atoms with E-state index in [1.807, 2.05) is 12.1 Å². The van der Waals surface area contributed by atoms with Crippen LogP contribution in [0.15, 0.2) is 30.4 Å². The second-order valence-electron chi connectivity index (χ2n) is 2.88. The first-order valence-electron chi connectivity index (χ1n) is 4.01. The summed E-state index contributed by atoms with van der Waals surface area (Å²) in [6, 6.07) is 3.92. The normalized spacial score (nSPS) is 16.4. The average Bonchev–Trinajstić information content (AvgIpc) is 2.57. The van der Waals surface area contributed by atoms with Crippen LogP contribution >= 0.6 is 0 Å². The molecule has 2 rings (SSSR count). The first-order valence-corrected chi connectivity index (χ1v) is 4.01. The van der Waals surface area contributed by atoms with E-state index in [-0.39, 0.29) is 0 Å². The van der Waals surface area contributed by atoms with Gasteiger partial charge in [-0.3, -0.25) is 0 Å². The van der Waals surface area contributed by atoms with Gasteiger partial charge in [-0.2, -0.15) is 0 Å². The Morgan fingerprint density at radius 1 is 1.58 bits per heavy atom. The van der Waals surface area contributed by atoms with E-state index in [0.717, 1.165) is 12.2 Å². The van der Waals surface area contributed by atoms with Crippen LogP contribution in [0.25, 0.3) is 5.70 Å². The summed E-state index contributed by atoms with van der Waals surface area (Å²) >= 11 is 0. The molecule has 2 nitrogen and oxygen atoms in total. The van der Waals surface area contributed by atoms with Gasteiger partial charge in [0.15, 0.2) is 0 Å². The summed E-state index contributed by atoms with van der Waals surface area (Å²) in [6.45, 7) is 0.977. The third-order valence-corrected chi connectivity index (χ3v) is 2.00. The Labute approximate surface area is 72.2 Å². The second kappa shape index (κ2) is 2.89. The lowest BCUT2D eigenvalue weighted by Crippen LogP contribution is -2.18. The summed E-state index contributed by atoms with van der Waals surface area (Å²) in [5.41, 5.74) is 2.35. The number of hydrogen-bond acceptors (Lipinski definition) is 1. The Morgan fingerprint density at radius 2 is 2.50 bits per heavy atom. The average molecular weight is 159 g/mol. The Morgan fingerprint density at radius 3 is 3.17 bits per heavy atom. The summed E-state index contributed by atoms with van der Waals surface area (Å²) in [5, 5.41) is 0. The molecule has 1 N–H and O–H groups in total. The molecule has 0 aromatic carbocycles. The van der Waals surface area contributed by atoms with E-state index >= 15 is 0 Å². The highest BCUT2D eigenvalue weighted by Crippen LogP contribution is 2.17. The highest BCUT2D eigenvalue weighted by Gasteiger charge is 2.07. The van der Waals surface area contributed by atoms with Gasteiger partial charge >= 0.3 is 0 Å². The first kappa shape index (κ1) is 7.22. The molecule has 0 saturated carbocycles. The minimum Gasteiger partial charge on any atom is -0.369 e. The molecule has 0 fully saturated rings. The van der Waals surface area contributed by atoms with Gasteiger partial charge in [-0.05, 0) is 18.2 Å². The molecule has 1 aromatic rings. The molecule has 2 heterocycles. The number of aromatic nitrogens is 1. The van der Waals surface area contributed by atoms with Crippen LogP contribution in [-0.4, -0.2) is 23.5 Å². The lowest BCUT2D eigenvalue weighted by atomic mass is 10.2. The number of nitrogens with zero attached hydrogens (tertiary/aromatic N) is 1. The lowest BCUT2D eigenvalue weighted by Gasteiger charge is -2.22. The fourth-order valence-corrected chi connectivity index (χ4v) is 1.33. The van der Waals surface area contributed by atoms with Gasteiger partial charge in [-0.25, -0.2) is 0 Å². The van der Waals surface area contributed by atoms with Crippen molar-refractivity contribution in [3.05, 3.63) is 42.3 Å². The van der Waals surface area contributed by atoms with E-state index in [1.54, 1.807) is 0 Å². The third kappa shape index (κ3) is 1.16. The number of rotatable bonds is 1. The van der Waals surface area contributed by atoms with E-state index in [1.165, 1.54) is 5.70 Å². The Balaban J connectivity index is 2.34. The lowest BCUT2D eigenvalue weighted by molar-refractivity contribution is 0.529. The molecule has 0 spiro atoms. The van der Waals surface area contributed by atoms with Crippen LogP contribution in [0.4, 0.5) is 0 Å². The molecule has 0 atom stereocenters. The maximum atomic E-state index is 3.07. The third-order valence-electron chi connectivity index (χ3n) is 2.00. The number of aromatic amines is 1. The molecule has 0 aliphatic carbocycles. The molecule has 12 heavy (non-hydrogen) atoms. The molecule has 0 bridgehead atoms. The second-order valence-corrected chi connectivity index (χ2v) is 2.88. The van der Waals surface area contributed by atoms with Crippen molar-refractivity contribution in [3.8, 4) is 0 Å². The van der Waals surface area contributed by atoms with E-state index in [9.17, 15) is 0 Å². The molecule has 1 aromatic heterocycles. The summed E-state index contributed by atoms with van der Waals surface area (Å²) in [4.78, 5) is 5.26. The van der Waals surface area contributed by atoms with Crippen LogP contribution < -0.4 is 0 Å². The summed E-state index contributed by atoms with van der Waals surface area (Å²) in [7, 11) is 2.08. The molecule has 0 unspecified atom stereocenters. The molecule has 1 aliphatic heterocycles. The van der Waals surface area contributed by atoms with Crippen molar-refractivity contribution in [2.75, 3.05) is 13.6 Å². The smallest absolute Gasteiger partial charge is 0.0624 e. The zero-order valence-electron chi connectivity index (χ0n) is 7.04. The molecule has 0 saturated heterocycles. The quantitative estimate of drug-likeness (QED) is 0.660. The van der Waals surface area contributed by atoms with Gasteiger partial charge in [0, 0.05) is 13.6 Å². The minimum absolute atomic E-state index is 0.977. The van der Waals surface area contributed by atoms with Gasteiger partial charge in [0.05, 0.1) is 17.6 Å². The van der Waals surface area contributed by atoms with Gasteiger partial charge in [-0.1, -0.05) is 12.2 Å². The van der Waals surface area contributed by atoms with E-state index in [4.69, 9.17) is 0 Å². The molecule has 1 aliphatic rings. The van der Waals surface area contributed by atoms with Gasteiger partial charge in [0.2, 0.25) is 0 Å². The van der Waals surface area contributed by atoms with Gasteiger partial charge in [0.1, 0.15) is 0 Å². The summed E-state index contributed by atoms with van der Waals surface area (Å²) in [6.07, 6.45) is 9.25. The van der Waals surface area contributed by atoms with Crippen molar-refractivity contribution >= 4 is 5.70 Å². The minimum atomic E-state index is 0.977. The highest BCUT2D eigenvalue weighted by atomic mass is 15.1. The maximum Gasteiger partial charge on any atom is 0.0624 e. The van der Waals surface area contributed by atoms with Crippen molar-refractivity contribution in [2.45, 2.75) is 0 Å². The van der Waals surface area contributed by atoms with E-state index < -0.39 is 0 Å². The Kier molecular flexibility index (Phi) is 1.74. The van der Waals surface area contributed by atoms with Crippen LogP contribution in [-0.2, 0) is 0 Å². The standard InChI is InChI=1S/C10H11N2/c1-12-8-3-2-6-10(12)9-5-4-7-11-9/h2-6,11H,8H2,1H3. The van der Waals surface area contributed by atoms with Crippen LogP contribution in [0.1, 0.15) is 5.69 Å². The molecular formula is C10H11N2.